The second-order valence-electron chi connectivity index (χ2n) is 10.7. The lowest BCUT2D eigenvalue weighted by Crippen LogP contribution is -2.59. The van der Waals surface area contributed by atoms with Crippen LogP contribution in [0.25, 0.3) is 0 Å². The molecule has 3 aliphatic rings. The number of β-amino-alcohol motifs (C(OH)–C–C–N with tert-alkyl or cyclic N) is 1. The fourth-order valence-electron chi connectivity index (χ4n) is 6.15. The molecule has 1 heterocycles. The molecular formula is C26H39N3O4. The zero-order valence-corrected chi connectivity index (χ0v) is 20.1. The summed E-state index contributed by atoms with van der Waals surface area (Å²) >= 11 is 0. The summed E-state index contributed by atoms with van der Waals surface area (Å²) in [6.07, 6.45) is 6.67. The maximum atomic E-state index is 13.5. The van der Waals surface area contributed by atoms with Crippen molar-refractivity contribution in [1.82, 2.24) is 14.7 Å². The van der Waals surface area contributed by atoms with E-state index in [0.29, 0.717) is 19.5 Å². The number of nitrogens with zero attached hydrogens (tertiary/aromatic N) is 3. The predicted octanol–water partition coefficient (Wildman–Crippen LogP) is 2.75. The number of carbonyl (C=O) groups is 2. The van der Waals surface area contributed by atoms with E-state index in [9.17, 15) is 14.7 Å². The second kappa shape index (κ2) is 9.35. The summed E-state index contributed by atoms with van der Waals surface area (Å²) in [6.45, 7) is 0.959. The highest BCUT2D eigenvalue weighted by Crippen LogP contribution is 2.50. The lowest BCUT2D eigenvalue weighted by molar-refractivity contribution is -0.119. The first-order valence-electron chi connectivity index (χ1n) is 12.4. The highest BCUT2D eigenvalue weighted by atomic mass is 16.3. The summed E-state index contributed by atoms with van der Waals surface area (Å²) in [6, 6.07) is 10.5. The van der Waals surface area contributed by atoms with Crippen LogP contribution >= 0.6 is 0 Å². The number of amides is 2. The summed E-state index contributed by atoms with van der Waals surface area (Å²) < 4.78 is 0. The van der Waals surface area contributed by atoms with Crippen LogP contribution in [0.1, 0.15) is 63.4 Å². The summed E-state index contributed by atoms with van der Waals surface area (Å²) in [5, 5.41) is 20.0. The molecule has 0 unspecified atom stereocenters. The SMILES string of the molecule is CN(C)C1(c2ccccc2)CCC2(CC1)CN(CC(=O)CCCO)C(=O)N2CC1(O)CCC1. The summed E-state index contributed by atoms with van der Waals surface area (Å²) in [4.78, 5) is 31.8. The first kappa shape index (κ1) is 24.2. The van der Waals surface area contributed by atoms with Gasteiger partial charge in [-0.15, -0.1) is 0 Å². The van der Waals surface area contributed by atoms with Gasteiger partial charge >= 0.3 is 6.03 Å². The Morgan fingerprint density at radius 3 is 2.27 bits per heavy atom. The van der Waals surface area contributed by atoms with Gasteiger partial charge in [0.2, 0.25) is 0 Å². The molecule has 7 nitrogen and oxygen atoms in total. The summed E-state index contributed by atoms with van der Waals surface area (Å²) in [5.74, 6) is -0.0144. The highest BCUT2D eigenvalue weighted by Gasteiger charge is 2.56. The maximum Gasteiger partial charge on any atom is 0.321 e. The molecule has 1 saturated heterocycles. The Morgan fingerprint density at radius 2 is 1.73 bits per heavy atom. The van der Waals surface area contributed by atoms with Crippen molar-refractivity contribution >= 4 is 11.8 Å². The molecule has 182 valence electrons. The van der Waals surface area contributed by atoms with Gasteiger partial charge in [-0.1, -0.05) is 30.3 Å². The Hall–Kier alpha value is -1.96. The van der Waals surface area contributed by atoms with Crippen LogP contribution in [0.3, 0.4) is 0 Å². The van der Waals surface area contributed by atoms with E-state index in [1.165, 1.54) is 5.56 Å². The number of carbonyl (C=O) groups excluding carboxylic acids is 2. The Morgan fingerprint density at radius 1 is 1.06 bits per heavy atom. The van der Waals surface area contributed by atoms with Gasteiger partial charge in [-0.05, 0) is 71.0 Å². The van der Waals surface area contributed by atoms with Crippen molar-refractivity contribution in [2.45, 2.75) is 74.5 Å². The van der Waals surface area contributed by atoms with Crippen LogP contribution < -0.4 is 0 Å². The number of ketones is 1. The topological polar surface area (TPSA) is 84.3 Å². The fraction of sp³-hybridized carbons (Fsp3) is 0.692. The average molecular weight is 458 g/mol. The van der Waals surface area contributed by atoms with E-state index in [4.69, 9.17) is 5.11 Å². The molecule has 2 amide bonds. The molecule has 2 aliphatic carbocycles. The average Bonchev–Trinajstić information content (AvgIpc) is 3.03. The van der Waals surface area contributed by atoms with Gasteiger partial charge in [-0.25, -0.2) is 4.79 Å². The number of aliphatic hydroxyl groups excluding tert-OH is 1. The van der Waals surface area contributed by atoms with E-state index >= 15 is 0 Å². The molecule has 1 aromatic rings. The molecule has 0 aromatic heterocycles. The zero-order valence-electron chi connectivity index (χ0n) is 20.1. The first-order chi connectivity index (χ1) is 15.7. The van der Waals surface area contributed by atoms with E-state index in [0.717, 1.165) is 44.9 Å². The van der Waals surface area contributed by atoms with Crippen LogP contribution in [0.15, 0.2) is 30.3 Å². The zero-order chi connectivity index (χ0) is 23.7. The number of benzene rings is 1. The molecule has 33 heavy (non-hydrogen) atoms. The van der Waals surface area contributed by atoms with Crippen molar-refractivity contribution in [3.05, 3.63) is 35.9 Å². The molecule has 4 rings (SSSR count). The van der Waals surface area contributed by atoms with Gasteiger partial charge in [-0.2, -0.15) is 0 Å². The van der Waals surface area contributed by atoms with Gasteiger partial charge in [0.05, 0.1) is 24.2 Å². The van der Waals surface area contributed by atoms with Crippen LogP contribution in [0, 0.1) is 0 Å². The van der Waals surface area contributed by atoms with E-state index < -0.39 is 5.60 Å². The normalized spacial score (nSPS) is 29.1. The third-order valence-electron chi connectivity index (χ3n) is 8.45. The Labute approximate surface area is 197 Å². The number of urea groups is 1. The molecule has 0 bridgehead atoms. The van der Waals surface area contributed by atoms with Crippen molar-refractivity contribution in [2.75, 3.05) is 40.3 Å². The molecule has 3 fully saturated rings. The number of aliphatic hydroxyl groups is 2. The Kier molecular flexibility index (Phi) is 6.85. The summed E-state index contributed by atoms with van der Waals surface area (Å²) in [7, 11) is 4.26. The number of rotatable bonds is 9. The first-order valence-corrected chi connectivity index (χ1v) is 12.4. The molecule has 2 N–H and O–H groups in total. The number of Topliss-reactive ketones (excluding diaryl/α,β-unsaturated/α-hetero) is 1. The molecule has 1 aliphatic heterocycles. The van der Waals surface area contributed by atoms with Gasteiger partial charge in [0, 0.05) is 25.1 Å². The van der Waals surface area contributed by atoms with E-state index in [1.54, 1.807) is 4.90 Å². The van der Waals surface area contributed by atoms with Gasteiger partial charge in [0.25, 0.3) is 0 Å². The lowest BCUT2D eigenvalue weighted by Gasteiger charge is -2.52. The van der Waals surface area contributed by atoms with E-state index in [-0.39, 0.29) is 42.5 Å². The van der Waals surface area contributed by atoms with Crippen molar-refractivity contribution < 1.29 is 19.8 Å². The molecule has 7 heteroatoms. The van der Waals surface area contributed by atoms with E-state index in [1.807, 2.05) is 11.0 Å². The Bertz CT molecular complexity index is 844. The molecule has 0 atom stereocenters. The predicted molar refractivity (Wildman–Crippen MR) is 127 cm³/mol. The van der Waals surface area contributed by atoms with Gasteiger partial charge in [0.1, 0.15) is 0 Å². The maximum absolute atomic E-state index is 13.5. The minimum atomic E-state index is -0.797. The molecule has 1 aromatic carbocycles. The van der Waals surface area contributed by atoms with Crippen LogP contribution in [0.4, 0.5) is 4.79 Å². The van der Waals surface area contributed by atoms with Crippen LogP contribution in [0.2, 0.25) is 0 Å². The fourth-order valence-corrected chi connectivity index (χ4v) is 6.15. The van der Waals surface area contributed by atoms with Crippen molar-refractivity contribution in [3.63, 3.8) is 0 Å². The third kappa shape index (κ3) is 4.55. The van der Waals surface area contributed by atoms with Crippen molar-refractivity contribution in [2.24, 2.45) is 0 Å². The smallest absolute Gasteiger partial charge is 0.321 e. The molecule has 1 spiro atoms. The quantitative estimate of drug-likeness (QED) is 0.596. The van der Waals surface area contributed by atoms with E-state index in [2.05, 4.69) is 43.3 Å². The van der Waals surface area contributed by atoms with Crippen LogP contribution in [0.5, 0.6) is 0 Å². The second-order valence-corrected chi connectivity index (χ2v) is 10.7. The highest BCUT2D eigenvalue weighted by molar-refractivity contribution is 5.87. The lowest BCUT2D eigenvalue weighted by atomic mass is 9.67. The number of hydrogen-bond acceptors (Lipinski definition) is 5. The van der Waals surface area contributed by atoms with Crippen molar-refractivity contribution in [1.29, 1.82) is 0 Å². The minimum Gasteiger partial charge on any atom is -0.396 e. The third-order valence-corrected chi connectivity index (χ3v) is 8.45. The summed E-state index contributed by atoms with van der Waals surface area (Å²) in [5.41, 5.74) is 0.0662. The molecular weight excluding hydrogens is 418 g/mol. The van der Waals surface area contributed by atoms with Crippen molar-refractivity contribution in [3.8, 4) is 0 Å². The van der Waals surface area contributed by atoms with Gasteiger partial charge in [0.15, 0.2) is 5.78 Å². The van der Waals surface area contributed by atoms with Gasteiger partial charge in [-0.3, -0.25) is 9.69 Å². The Balaban J connectivity index is 1.57. The largest absolute Gasteiger partial charge is 0.396 e. The van der Waals surface area contributed by atoms with Gasteiger partial charge < -0.3 is 20.0 Å². The molecule has 0 radical (unpaired) electrons. The number of hydrogen-bond donors (Lipinski definition) is 2. The van der Waals surface area contributed by atoms with Crippen LogP contribution in [-0.4, -0.2) is 88.2 Å². The molecule has 2 saturated carbocycles. The minimum absolute atomic E-state index is 0.0144. The standard InChI is InChI=1S/C26H39N3O4/c1-27(2)26(21-8-4-3-5-9-21)15-13-24(14-16-26)19-28(18-22(31)10-6-17-30)23(32)29(24)20-25(33)11-7-12-25/h3-5,8-9,30,33H,6-7,10-20H2,1-2H3. The monoisotopic (exact) mass is 457 g/mol. The van der Waals surface area contributed by atoms with Crippen LogP contribution in [-0.2, 0) is 10.3 Å².